The van der Waals surface area contributed by atoms with E-state index in [4.69, 9.17) is 4.99 Å². The van der Waals surface area contributed by atoms with E-state index in [1.165, 1.54) is 5.56 Å². The molecule has 41 heavy (non-hydrogen) atoms. The van der Waals surface area contributed by atoms with E-state index in [1.54, 1.807) is 0 Å². The number of rotatable bonds is 3. The van der Waals surface area contributed by atoms with E-state index >= 15 is 0 Å². The fourth-order valence-corrected chi connectivity index (χ4v) is 6.23. The SMILES string of the molecule is C1=CC2N=C1C(c1ccccc1)=c1cc/c([nH]1)=C(\c1ccccc1)c1ccc([nH]1)-c1ccc([nH]1)C2c1ccccc1. The van der Waals surface area contributed by atoms with Crippen molar-refractivity contribution in [2.75, 3.05) is 0 Å². The largest absolute Gasteiger partial charge is 0.357 e. The molecule has 0 fully saturated rings. The van der Waals surface area contributed by atoms with Crippen LogP contribution in [0, 0.1) is 0 Å². The zero-order valence-corrected chi connectivity index (χ0v) is 22.4. The second-order valence-electron chi connectivity index (χ2n) is 10.6. The number of hydrogen-bond acceptors (Lipinski definition) is 1. The van der Waals surface area contributed by atoms with Crippen molar-refractivity contribution in [2.24, 2.45) is 4.99 Å². The molecule has 3 aromatic carbocycles. The second kappa shape index (κ2) is 9.68. The molecule has 0 saturated heterocycles. The Morgan fingerprint density at radius 2 is 1.07 bits per heavy atom. The maximum Gasteiger partial charge on any atom is 0.0814 e. The number of nitrogens with one attached hydrogen (secondary N) is 3. The third-order valence-electron chi connectivity index (χ3n) is 8.13. The van der Waals surface area contributed by atoms with Gasteiger partial charge in [0.25, 0.3) is 0 Å². The number of aliphatic imine (C=N–C) groups is 1. The van der Waals surface area contributed by atoms with Gasteiger partial charge >= 0.3 is 0 Å². The van der Waals surface area contributed by atoms with Crippen LogP contribution < -0.4 is 10.7 Å². The van der Waals surface area contributed by atoms with E-state index in [0.29, 0.717) is 0 Å². The summed E-state index contributed by atoms with van der Waals surface area (Å²) in [6.45, 7) is 0. The lowest BCUT2D eigenvalue weighted by molar-refractivity contribution is 0.696. The van der Waals surface area contributed by atoms with Gasteiger partial charge in [-0.1, -0.05) is 97.1 Å². The van der Waals surface area contributed by atoms with Gasteiger partial charge in [0.15, 0.2) is 0 Å². The zero-order chi connectivity index (χ0) is 27.2. The predicted molar refractivity (Wildman–Crippen MR) is 166 cm³/mol. The van der Waals surface area contributed by atoms with Crippen molar-refractivity contribution in [1.82, 2.24) is 15.0 Å². The zero-order valence-electron chi connectivity index (χ0n) is 22.4. The highest BCUT2D eigenvalue weighted by Gasteiger charge is 2.28. The molecule has 6 aromatic rings. The quantitative estimate of drug-likeness (QED) is 0.241. The average Bonchev–Trinajstić information content (AvgIpc) is 3.84. The summed E-state index contributed by atoms with van der Waals surface area (Å²) in [4.78, 5) is 16.6. The molecule has 196 valence electrons. The first-order valence-corrected chi connectivity index (χ1v) is 14.1. The lowest BCUT2D eigenvalue weighted by atomic mass is 9.89. The van der Waals surface area contributed by atoms with Crippen LogP contribution in [0.1, 0.15) is 34.0 Å². The Morgan fingerprint density at radius 3 is 1.80 bits per heavy atom. The van der Waals surface area contributed by atoms with E-state index in [-0.39, 0.29) is 12.0 Å². The van der Waals surface area contributed by atoms with Crippen LogP contribution >= 0.6 is 0 Å². The van der Waals surface area contributed by atoms with Gasteiger partial charge in [0, 0.05) is 33.2 Å². The Morgan fingerprint density at radius 1 is 0.488 bits per heavy atom. The fourth-order valence-electron chi connectivity index (χ4n) is 6.23. The number of fused-ring (bicyclic) bond motifs is 8. The van der Waals surface area contributed by atoms with E-state index in [0.717, 1.165) is 61.5 Å². The number of hydrogen-bond donors (Lipinski definition) is 3. The molecule has 0 saturated carbocycles. The lowest BCUT2D eigenvalue weighted by Crippen LogP contribution is -2.20. The topological polar surface area (TPSA) is 59.7 Å². The van der Waals surface area contributed by atoms with Gasteiger partial charge in [-0.15, -0.1) is 0 Å². The standard InChI is InChI=1S/C37H28N4/c1-4-10-24(11-5-1)35-29-18-16-27(38-29)28-17-19-30(39-28)36(25-12-6-2-7-13-25)32-21-23-34(41-32)37(26-14-8-3-9-15-26)33-22-20-31(35)40-33/h1-23,31,35,38-39,41H/b36-32-,37-34?. The summed E-state index contributed by atoms with van der Waals surface area (Å²) < 4.78 is 0. The van der Waals surface area contributed by atoms with Gasteiger partial charge in [0.05, 0.1) is 29.1 Å². The highest BCUT2D eigenvalue weighted by molar-refractivity contribution is 6.29. The predicted octanol–water partition coefficient (Wildman–Crippen LogP) is 6.31. The molecule has 2 atom stereocenters. The maximum atomic E-state index is 5.39. The van der Waals surface area contributed by atoms with Crippen LogP contribution in [0.25, 0.3) is 22.5 Å². The summed E-state index contributed by atoms with van der Waals surface area (Å²) in [6, 6.07) is 44.9. The summed E-state index contributed by atoms with van der Waals surface area (Å²) >= 11 is 0. The first-order valence-electron chi connectivity index (χ1n) is 14.1. The van der Waals surface area contributed by atoms with Crippen LogP contribution in [0.5, 0.6) is 0 Å². The summed E-state index contributed by atoms with van der Waals surface area (Å²) in [5.41, 5.74) is 11.0. The minimum atomic E-state index is -0.0391. The van der Waals surface area contributed by atoms with Crippen molar-refractivity contribution in [1.29, 1.82) is 0 Å². The third kappa shape index (κ3) is 4.12. The van der Waals surface area contributed by atoms with Gasteiger partial charge in [0.1, 0.15) is 0 Å². The van der Waals surface area contributed by atoms with Crippen molar-refractivity contribution in [2.45, 2.75) is 12.0 Å². The minimum absolute atomic E-state index is 0.0391. The number of nitrogens with zero attached hydrogens (tertiary/aromatic N) is 1. The molecule has 4 nitrogen and oxygen atoms in total. The maximum absolute atomic E-state index is 5.39. The molecule has 0 spiro atoms. The van der Waals surface area contributed by atoms with Crippen LogP contribution in [0.2, 0.25) is 0 Å². The van der Waals surface area contributed by atoms with Gasteiger partial charge in [-0.3, -0.25) is 4.99 Å². The molecule has 0 amide bonds. The van der Waals surface area contributed by atoms with Crippen molar-refractivity contribution in [3.8, 4) is 11.4 Å². The van der Waals surface area contributed by atoms with Crippen LogP contribution in [0.4, 0.5) is 0 Å². The number of benzene rings is 3. The minimum Gasteiger partial charge on any atom is -0.357 e. The summed E-state index contributed by atoms with van der Waals surface area (Å²) in [7, 11) is 0. The monoisotopic (exact) mass is 528 g/mol. The third-order valence-corrected chi connectivity index (χ3v) is 8.13. The van der Waals surface area contributed by atoms with E-state index in [2.05, 4.69) is 154 Å². The molecule has 0 radical (unpaired) electrons. The number of allylic oxidation sites excluding steroid dienone is 1. The summed E-state index contributed by atoms with van der Waals surface area (Å²) in [5, 5.41) is 2.10. The molecular weight excluding hydrogens is 500 g/mol. The second-order valence-corrected chi connectivity index (χ2v) is 10.6. The Hall–Kier alpha value is -5.35. The smallest absolute Gasteiger partial charge is 0.0814 e. The Bertz CT molecular complexity index is 2040. The Balaban J connectivity index is 1.45. The van der Waals surface area contributed by atoms with Gasteiger partial charge in [-0.2, -0.15) is 0 Å². The molecule has 2 unspecified atom stereocenters. The number of aromatic amines is 3. The van der Waals surface area contributed by atoms with Crippen LogP contribution in [0.3, 0.4) is 0 Å². The average molecular weight is 529 g/mol. The molecule has 3 aromatic heterocycles. The Kier molecular flexibility index (Phi) is 5.56. The normalized spacial score (nSPS) is 19.0. The molecule has 0 aliphatic carbocycles. The molecule has 2 aliphatic rings. The van der Waals surface area contributed by atoms with Gasteiger partial charge in [0.2, 0.25) is 0 Å². The van der Waals surface area contributed by atoms with Crippen molar-refractivity contribution < 1.29 is 0 Å². The molecule has 2 aliphatic heterocycles. The lowest BCUT2D eigenvalue weighted by Gasteiger charge is -2.20. The first-order chi connectivity index (χ1) is 20.3. The molecule has 4 heteroatoms. The highest BCUT2D eigenvalue weighted by atomic mass is 14.9. The van der Waals surface area contributed by atoms with Gasteiger partial charge in [-0.25, -0.2) is 0 Å². The molecule has 8 rings (SSSR count). The van der Waals surface area contributed by atoms with Crippen LogP contribution in [-0.4, -0.2) is 26.7 Å². The van der Waals surface area contributed by atoms with Gasteiger partial charge in [-0.05, 0) is 59.2 Å². The van der Waals surface area contributed by atoms with Crippen molar-refractivity contribution >= 4 is 16.9 Å². The fraction of sp³-hybridized carbons (Fsp3) is 0.0541. The molecule has 8 bridgehead atoms. The molecular formula is C37H28N4. The van der Waals surface area contributed by atoms with Gasteiger partial charge < -0.3 is 15.0 Å². The summed E-state index contributed by atoms with van der Waals surface area (Å²) in [6.07, 6.45) is 4.44. The summed E-state index contributed by atoms with van der Waals surface area (Å²) in [5.74, 6) is 0.0564. The highest BCUT2D eigenvalue weighted by Crippen LogP contribution is 2.35. The molecule has 3 N–H and O–H groups in total. The van der Waals surface area contributed by atoms with E-state index < -0.39 is 0 Å². The number of aromatic nitrogens is 3. The van der Waals surface area contributed by atoms with E-state index in [9.17, 15) is 0 Å². The molecule has 5 heterocycles. The van der Waals surface area contributed by atoms with E-state index in [1.807, 2.05) is 0 Å². The van der Waals surface area contributed by atoms with Crippen LogP contribution in [0.15, 0.2) is 145 Å². The van der Waals surface area contributed by atoms with Crippen LogP contribution in [-0.2, 0) is 0 Å². The first kappa shape index (κ1) is 23.5. The Labute approximate surface area is 238 Å². The number of H-pyrrole nitrogens is 3. The van der Waals surface area contributed by atoms with Crippen molar-refractivity contribution in [3.63, 3.8) is 0 Å². The van der Waals surface area contributed by atoms with Crippen molar-refractivity contribution in [3.05, 3.63) is 178 Å².